The molecule has 0 aromatic rings. The zero-order chi connectivity index (χ0) is 8.69. The number of carbonyl (C=O) groups excluding carboxylic acids is 1. The van der Waals surface area contributed by atoms with E-state index in [0.717, 1.165) is 6.42 Å². The molecular weight excluding hydrogens is 144 g/mol. The summed E-state index contributed by atoms with van der Waals surface area (Å²) >= 11 is 0. The molecular formula is C8H16O3. The van der Waals surface area contributed by atoms with Gasteiger partial charge >= 0.3 is 5.97 Å². The maximum Gasteiger partial charge on any atom is 0.304 e. The predicted molar refractivity (Wildman–Crippen MR) is 42.0 cm³/mol. The van der Waals surface area contributed by atoms with Crippen LogP contribution >= 0.6 is 0 Å². The Bertz CT molecular complexity index is 110. The molecule has 66 valence electrons. The van der Waals surface area contributed by atoms with Crippen LogP contribution in [0.2, 0.25) is 0 Å². The maximum atomic E-state index is 10.2. The molecule has 0 atom stereocenters. The average Bonchev–Trinajstić information content (AvgIpc) is 1.85. The molecule has 0 fully saturated rings. The van der Waals surface area contributed by atoms with E-state index in [0.29, 0.717) is 12.5 Å². The van der Waals surface area contributed by atoms with Gasteiger partial charge in [0, 0.05) is 6.92 Å². The Kier molecular flexibility index (Phi) is 5.84. The molecule has 0 spiro atoms. The van der Waals surface area contributed by atoms with Gasteiger partial charge in [-0.25, -0.2) is 0 Å². The number of carbonyl (C=O) groups is 1. The largest absolute Gasteiger partial charge is 0.439 e. The van der Waals surface area contributed by atoms with E-state index in [2.05, 4.69) is 18.6 Å². The first-order valence-electron chi connectivity index (χ1n) is 3.84. The summed E-state index contributed by atoms with van der Waals surface area (Å²) in [6.07, 6.45) is 1.00. The molecule has 0 aromatic heterocycles. The Hall–Kier alpha value is -0.570. The van der Waals surface area contributed by atoms with Crippen molar-refractivity contribution >= 4 is 5.97 Å². The van der Waals surface area contributed by atoms with Crippen molar-refractivity contribution in [2.24, 2.45) is 5.92 Å². The summed E-state index contributed by atoms with van der Waals surface area (Å²) in [5.74, 6) is 0.335. The molecule has 0 saturated heterocycles. The van der Waals surface area contributed by atoms with Gasteiger partial charge in [-0.05, 0) is 12.3 Å². The lowest BCUT2D eigenvalue weighted by Gasteiger charge is -2.05. The Labute approximate surface area is 67.7 Å². The third-order valence-electron chi connectivity index (χ3n) is 1.19. The normalized spacial score (nSPS) is 10.2. The summed E-state index contributed by atoms with van der Waals surface area (Å²) in [6.45, 7) is 6.35. The summed E-state index contributed by atoms with van der Waals surface area (Å²) < 4.78 is 9.57. The highest BCUT2D eigenvalue weighted by Crippen LogP contribution is 1.98. The highest BCUT2D eigenvalue weighted by Gasteiger charge is 1.94. The third kappa shape index (κ3) is 9.43. The minimum Gasteiger partial charge on any atom is -0.439 e. The van der Waals surface area contributed by atoms with Crippen molar-refractivity contribution in [2.75, 3.05) is 13.4 Å². The number of hydrogen-bond acceptors (Lipinski definition) is 3. The molecule has 0 aliphatic heterocycles. The highest BCUT2D eigenvalue weighted by atomic mass is 16.7. The molecule has 0 saturated carbocycles. The Morgan fingerprint density at radius 3 is 2.55 bits per heavy atom. The Morgan fingerprint density at radius 2 is 2.09 bits per heavy atom. The summed E-state index contributed by atoms with van der Waals surface area (Å²) in [7, 11) is 0. The van der Waals surface area contributed by atoms with Crippen LogP contribution in [-0.4, -0.2) is 19.4 Å². The lowest BCUT2D eigenvalue weighted by atomic mass is 10.1. The summed E-state index contributed by atoms with van der Waals surface area (Å²) in [5, 5.41) is 0. The van der Waals surface area contributed by atoms with Crippen LogP contribution in [0.4, 0.5) is 0 Å². The van der Waals surface area contributed by atoms with E-state index in [1.807, 2.05) is 0 Å². The first-order chi connectivity index (χ1) is 5.13. The van der Waals surface area contributed by atoms with Gasteiger partial charge in [-0.2, -0.15) is 0 Å². The fourth-order valence-corrected chi connectivity index (χ4v) is 0.503. The van der Waals surface area contributed by atoms with Crippen molar-refractivity contribution < 1.29 is 14.3 Å². The first kappa shape index (κ1) is 10.4. The number of rotatable bonds is 5. The van der Waals surface area contributed by atoms with Crippen LogP contribution in [0.25, 0.3) is 0 Å². The molecule has 3 heteroatoms. The van der Waals surface area contributed by atoms with E-state index in [9.17, 15) is 4.79 Å². The van der Waals surface area contributed by atoms with Crippen LogP contribution in [0.1, 0.15) is 27.2 Å². The molecule has 0 bridgehead atoms. The molecule has 0 N–H and O–H groups in total. The average molecular weight is 160 g/mol. The van der Waals surface area contributed by atoms with Gasteiger partial charge in [-0.15, -0.1) is 0 Å². The second-order valence-corrected chi connectivity index (χ2v) is 2.84. The second kappa shape index (κ2) is 6.16. The van der Waals surface area contributed by atoms with Crippen molar-refractivity contribution in [2.45, 2.75) is 27.2 Å². The molecule has 0 heterocycles. The van der Waals surface area contributed by atoms with Gasteiger partial charge in [0.05, 0.1) is 6.61 Å². The quantitative estimate of drug-likeness (QED) is 0.348. The van der Waals surface area contributed by atoms with Gasteiger partial charge in [0.25, 0.3) is 0 Å². The number of hydrogen-bond donors (Lipinski definition) is 0. The summed E-state index contributed by atoms with van der Waals surface area (Å²) in [4.78, 5) is 10.2. The second-order valence-electron chi connectivity index (χ2n) is 2.84. The van der Waals surface area contributed by atoms with Crippen LogP contribution in [0.3, 0.4) is 0 Å². The van der Waals surface area contributed by atoms with Crippen molar-refractivity contribution in [3.8, 4) is 0 Å². The lowest BCUT2D eigenvalue weighted by Crippen LogP contribution is -2.06. The van der Waals surface area contributed by atoms with Crippen LogP contribution < -0.4 is 0 Å². The topological polar surface area (TPSA) is 35.5 Å². The minimum absolute atomic E-state index is 0.0854. The Balaban J connectivity index is 2.97. The van der Waals surface area contributed by atoms with Gasteiger partial charge in [0.2, 0.25) is 0 Å². The third-order valence-corrected chi connectivity index (χ3v) is 1.19. The van der Waals surface area contributed by atoms with E-state index in [1.54, 1.807) is 0 Å². The maximum absolute atomic E-state index is 10.2. The van der Waals surface area contributed by atoms with E-state index in [4.69, 9.17) is 4.74 Å². The van der Waals surface area contributed by atoms with Crippen molar-refractivity contribution in [3.05, 3.63) is 0 Å². The standard InChI is InChI=1S/C8H16O3/c1-7(2)4-5-10-6-11-8(3)9/h7H,4-6H2,1-3H3. The zero-order valence-electron chi connectivity index (χ0n) is 7.42. The lowest BCUT2D eigenvalue weighted by molar-refractivity contribution is -0.153. The van der Waals surface area contributed by atoms with Crippen LogP contribution in [-0.2, 0) is 14.3 Å². The van der Waals surface area contributed by atoms with Crippen molar-refractivity contribution in [1.29, 1.82) is 0 Å². The van der Waals surface area contributed by atoms with Crippen LogP contribution in [0.5, 0.6) is 0 Å². The van der Waals surface area contributed by atoms with E-state index in [1.165, 1.54) is 6.92 Å². The van der Waals surface area contributed by atoms with Crippen molar-refractivity contribution in [1.82, 2.24) is 0 Å². The van der Waals surface area contributed by atoms with E-state index in [-0.39, 0.29) is 12.8 Å². The van der Waals surface area contributed by atoms with Gasteiger partial charge in [-0.1, -0.05) is 13.8 Å². The zero-order valence-corrected chi connectivity index (χ0v) is 7.42. The fourth-order valence-electron chi connectivity index (χ4n) is 0.503. The van der Waals surface area contributed by atoms with Gasteiger partial charge in [0.15, 0.2) is 6.79 Å². The van der Waals surface area contributed by atoms with Gasteiger partial charge in [-0.3, -0.25) is 4.79 Å². The van der Waals surface area contributed by atoms with Crippen molar-refractivity contribution in [3.63, 3.8) is 0 Å². The molecule has 0 amide bonds. The van der Waals surface area contributed by atoms with Gasteiger partial charge < -0.3 is 9.47 Å². The monoisotopic (exact) mass is 160 g/mol. The van der Waals surface area contributed by atoms with Gasteiger partial charge in [0.1, 0.15) is 0 Å². The number of esters is 1. The summed E-state index contributed by atoms with van der Waals surface area (Å²) in [6, 6.07) is 0. The number of ether oxygens (including phenoxy) is 2. The first-order valence-corrected chi connectivity index (χ1v) is 3.84. The Morgan fingerprint density at radius 1 is 1.45 bits per heavy atom. The van der Waals surface area contributed by atoms with Crippen LogP contribution in [0, 0.1) is 5.92 Å². The highest BCUT2D eigenvalue weighted by molar-refractivity contribution is 5.65. The molecule has 0 rings (SSSR count). The van der Waals surface area contributed by atoms with E-state index < -0.39 is 0 Å². The SMILES string of the molecule is CC(=O)OCOCCC(C)C. The predicted octanol–water partition coefficient (Wildman–Crippen LogP) is 1.57. The molecule has 0 unspecified atom stereocenters. The fraction of sp³-hybridized carbons (Fsp3) is 0.875. The smallest absolute Gasteiger partial charge is 0.304 e. The molecule has 0 radical (unpaired) electrons. The molecule has 0 aliphatic carbocycles. The molecule has 0 aliphatic rings. The molecule has 3 nitrogen and oxygen atoms in total. The molecule has 0 aromatic carbocycles. The summed E-state index contributed by atoms with van der Waals surface area (Å²) in [5.41, 5.74) is 0. The molecule has 11 heavy (non-hydrogen) atoms. The minimum atomic E-state index is -0.297. The van der Waals surface area contributed by atoms with E-state index >= 15 is 0 Å². The van der Waals surface area contributed by atoms with Crippen LogP contribution in [0.15, 0.2) is 0 Å².